The number of benzene rings is 1. The van der Waals surface area contributed by atoms with Crippen LogP contribution in [0.3, 0.4) is 0 Å². The van der Waals surface area contributed by atoms with Gasteiger partial charge in [0.25, 0.3) is 5.91 Å². The van der Waals surface area contributed by atoms with E-state index in [1.165, 1.54) is 10.5 Å². The van der Waals surface area contributed by atoms with E-state index in [9.17, 15) is 9.59 Å². The van der Waals surface area contributed by atoms with E-state index in [1.54, 1.807) is 0 Å². The Labute approximate surface area is 136 Å². The number of carbonyl (C=O) groups excluding carboxylic acids is 2. The highest BCUT2D eigenvalue weighted by Crippen LogP contribution is 2.37. The summed E-state index contributed by atoms with van der Waals surface area (Å²) < 4.78 is 0. The Kier molecular flexibility index (Phi) is 3.60. The first-order valence-corrected chi connectivity index (χ1v) is 8.63. The van der Waals surface area contributed by atoms with Crippen molar-refractivity contribution < 1.29 is 9.59 Å². The predicted octanol–water partition coefficient (Wildman–Crippen LogP) is 2.65. The highest BCUT2D eigenvalue weighted by atomic mass is 16.2. The molecule has 2 heterocycles. The van der Waals surface area contributed by atoms with E-state index in [0.717, 1.165) is 45.1 Å². The molecule has 1 saturated carbocycles. The molecule has 1 atom stereocenters. The number of rotatable bonds is 3. The summed E-state index contributed by atoms with van der Waals surface area (Å²) in [5.74, 6) is -0.0151. The Morgan fingerprint density at radius 2 is 1.83 bits per heavy atom. The monoisotopic (exact) mass is 313 g/mol. The topological polar surface area (TPSA) is 52.7 Å². The summed E-state index contributed by atoms with van der Waals surface area (Å²) in [4.78, 5) is 28.8. The number of urea groups is 1. The van der Waals surface area contributed by atoms with Crippen molar-refractivity contribution in [2.24, 2.45) is 0 Å². The van der Waals surface area contributed by atoms with E-state index < -0.39 is 5.54 Å². The van der Waals surface area contributed by atoms with E-state index in [2.05, 4.69) is 22.3 Å². The highest BCUT2D eigenvalue weighted by molar-refractivity contribution is 6.07. The maximum Gasteiger partial charge on any atom is 0.326 e. The van der Waals surface area contributed by atoms with Crippen molar-refractivity contribution in [2.45, 2.75) is 50.1 Å². The molecule has 23 heavy (non-hydrogen) atoms. The third kappa shape index (κ3) is 2.43. The maximum atomic E-state index is 12.8. The lowest BCUT2D eigenvalue weighted by Gasteiger charge is -2.28. The van der Waals surface area contributed by atoms with Crippen molar-refractivity contribution in [2.75, 3.05) is 13.2 Å². The highest BCUT2D eigenvalue weighted by Gasteiger charge is 2.52. The van der Waals surface area contributed by atoms with Crippen molar-refractivity contribution >= 4 is 11.9 Å². The quantitative estimate of drug-likeness (QED) is 0.873. The summed E-state index contributed by atoms with van der Waals surface area (Å²) in [5.41, 5.74) is 0.673. The van der Waals surface area contributed by atoms with Gasteiger partial charge in [-0.3, -0.25) is 9.69 Å². The summed E-state index contributed by atoms with van der Waals surface area (Å²) in [5, 5.41) is 2.97. The van der Waals surface area contributed by atoms with Gasteiger partial charge in [0.05, 0.1) is 6.67 Å². The molecular formula is C18H23N3O2. The normalized spacial score (nSPS) is 27.1. The van der Waals surface area contributed by atoms with Gasteiger partial charge in [-0.25, -0.2) is 9.69 Å². The smallest absolute Gasteiger partial charge is 0.323 e. The van der Waals surface area contributed by atoms with Gasteiger partial charge in [0.1, 0.15) is 5.54 Å². The molecule has 3 amide bonds. The minimum atomic E-state index is -0.598. The largest absolute Gasteiger partial charge is 0.326 e. The predicted molar refractivity (Wildman–Crippen MR) is 86.6 cm³/mol. The van der Waals surface area contributed by atoms with Crippen molar-refractivity contribution in [3.05, 3.63) is 35.9 Å². The fourth-order valence-corrected chi connectivity index (χ4v) is 4.35. The minimum Gasteiger partial charge on any atom is -0.323 e. The molecule has 1 aromatic carbocycles. The van der Waals surface area contributed by atoms with Gasteiger partial charge < -0.3 is 5.32 Å². The molecule has 2 saturated heterocycles. The average molecular weight is 313 g/mol. The molecule has 1 aliphatic carbocycles. The summed E-state index contributed by atoms with van der Waals surface area (Å²) >= 11 is 0. The Morgan fingerprint density at radius 3 is 2.57 bits per heavy atom. The number of hydrogen-bond donors (Lipinski definition) is 1. The van der Waals surface area contributed by atoms with Crippen LogP contribution in [0.2, 0.25) is 0 Å². The SMILES string of the molecule is O=C1NC2(CCCC2)C(=O)N1CN1CCC[C@H]1c1ccccc1. The number of nitrogens with zero attached hydrogens (tertiary/aromatic N) is 2. The number of likely N-dealkylation sites (tertiary alicyclic amines) is 1. The standard InChI is InChI=1S/C18H23N3O2/c22-16-18(10-4-5-11-18)19-17(23)21(16)13-20-12-6-9-15(20)14-7-2-1-3-8-14/h1-3,7-8,15H,4-6,9-13H2,(H,19,23)/t15-/m0/s1. The van der Waals surface area contributed by atoms with Gasteiger partial charge in [-0.1, -0.05) is 43.2 Å². The van der Waals surface area contributed by atoms with E-state index in [0.29, 0.717) is 12.7 Å². The summed E-state index contributed by atoms with van der Waals surface area (Å²) in [6, 6.07) is 10.5. The van der Waals surface area contributed by atoms with Gasteiger partial charge in [-0.2, -0.15) is 0 Å². The Hall–Kier alpha value is -1.88. The second kappa shape index (κ2) is 5.64. The second-order valence-electron chi connectivity index (χ2n) is 6.98. The van der Waals surface area contributed by atoms with Gasteiger partial charge in [-0.15, -0.1) is 0 Å². The van der Waals surface area contributed by atoms with E-state index >= 15 is 0 Å². The van der Waals surface area contributed by atoms with E-state index in [4.69, 9.17) is 0 Å². The van der Waals surface area contributed by atoms with Crippen LogP contribution in [0.4, 0.5) is 4.79 Å². The molecule has 0 unspecified atom stereocenters. The van der Waals surface area contributed by atoms with Crippen LogP contribution in [0.1, 0.15) is 50.1 Å². The van der Waals surface area contributed by atoms with E-state index in [1.807, 2.05) is 18.2 Å². The summed E-state index contributed by atoms with van der Waals surface area (Å²) in [7, 11) is 0. The lowest BCUT2D eigenvalue weighted by atomic mass is 9.98. The number of hydrogen-bond acceptors (Lipinski definition) is 3. The minimum absolute atomic E-state index is 0.0151. The third-order valence-electron chi connectivity index (χ3n) is 5.57. The van der Waals surface area contributed by atoms with Gasteiger partial charge >= 0.3 is 6.03 Å². The van der Waals surface area contributed by atoms with Crippen LogP contribution >= 0.6 is 0 Å². The molecule has 3 fully saturated rings. The van der Waals surface area contributed by atoms with Crippen molar-refractivity contribution in [3.63, 3.8) is 0 Å². The van der Waals surface area contributed by atoms with Crippen LogP contribution in [0.25, 0.3) is 0 Å². The second-order valence-corrected chi connectivity index (χ2v) is 6.98. The Morgan fingerprint density at radius 1 is 1.09 bits per heavy atom. The molecule has 0 aromatic heterocycles. The molecule has 4 rings (SSSR count). The fourth-order valence-electron chi connectivity index (χ4n) is 4.35. The zero-order valence-corrected chi connectivity index (χ0v) is 13.3. The number of amides is 3. The molecule has 122 valence electrons. The maximum absolute atomic E-state index is 12.8. The van der Waals surface area contributed by atoms with Crippen LogP contribution in [-0.4, -0.2) is 40.5 Å². The lowest BCUT2D eigenvalue weighted by Crippen LogP contribution is -2.45. The van der Waals surface area contributed by atoms with Crippen LogP contribution < -0.4 is 5.32 Å². The van der Waals surface area contributed by atoms with Gasteiger partial charge in [0.2, 0.25) is 0 Å². The first-order valence-electron chi connectivity index (χ1n) is 8.63. The zero-order chi connectivity index (χ0) is 15.9. The van der Waals surface area contributed by atoms with Crippen LogP contribution in [0.15, 0.2) is 30.3 Å². The molecule has 3 aliphatic rings. The Bertz CT molecular complexity index is 610. The van der Waals surface area contributed by atoms with Gasteiger partial charge in [0, 0.05) is 12.6 Å². The molecule has 1 N–H and O–H groups in total. The number of nitrogens with one attached hydrogen (secondary N) is 1. The van der Waals surface area contributed by atoms with Gasteiger partial charge in [0.15, 0.2) is 0 Å². The summed E-state index contributed by atoms with van der Waals surface area (Å²) in [6.45, 7) is 1.34. The van der Waals surface area contributed by atoms with E-state index in [-0.39, 0.29) is 11.9 Å². The van der Waals surface area contributed by atoms with Crippen molar-refractivity contribution in [1.82, 2.24) is 15.1 Å². The van der Waals surface area contributed by atoms with Gasteiger partial charge in [-0.05, 0) is 31.2 Å². The summed E-state index contributed by atoms with van der Waals surface area (Å²) in [6.07, 6.45) is 5.81. The molecule has 0 bridgehead atoms. The van der Waals surface area contributed by atoms with Crippen LogP contribution in [0, 0.1) is 0 Å². The fraction of sp³-hybridized carbons (Fsp3) is 0.556. The molecule has 2 aliphatic heterocycles. The molecule has 0 radical (unpaired) electrons. The number of carbonyl (C=O) groups is 2. The molecule has 5 heteroatoms. The first kappa shape index (κ1) is 14.7. The lowest BCUT2D eigenvalue weighted by molar-refractivity contribution is -0.132. The molecule has 1 aromatic rings. The van der Waals surface area contributed by atoms with Crippen molar-refractivity contribution in [1.29, 1.82) is 0 Å². The number of imide groups is 1. The van der Waals surface area contributed by atoms with Crippen LogP contribution in [0.5, 0.6) is 0 Å². The average Bonchev–Trinajstić information content (AvgIpc) is 3.26. The Balaban J connectivity index is 1.51. The first-order chi connectivity index (χ1) is 11.2. The molecular weight excluding hydrogens is 290 g/mol. The van der Waals surface area contributed by atoms with Crippen molar-refractivity contribution in [3.8, 4) is 0 Å². The molecule has 5 nitrogen and oxygen atoms in total. The molecule has 1 spiro atoms. The third-order valence-corrected chi connectivity index (χ3v) is 5.57. The zero-order valence-electron chi connectivity index (χ0n) is 13.3. The van der Waals surface area contributed by atoms with Crippen LogP contribution in [-0.2, 0) is 4.79 Å².